The quantitative estimate of drug-likeness (QED) is 0.396. The molecule has 3 N–H and O–H groups in total. The van der Waals surface area contributed by atoms with Crippen LogP contribution in [-0.2, 0) is 23.7 Å². The van der Waals surface area contributed by atoms with Crippen molar-refractivity contribution >= 4 is 62.1 Å². The SMILES string of the molecule is Cn1cc(C2=C(c3cn(C)c4cc(Cl)ccc34)C(=O)NC2=O)c2ccc(N)cc21. The van der Waals surface area contributed by atoms with E-state index in [1.54, 1.807) is 12.1 Å². The summed E-state index contributed by atoms with van der Waals surface area (Å²) < 4.78 is 3.81. The lowest BCUT2D eigenvalue weighted by molar-refractivity contribution is -0.122. The van der Waals surface area contributed by atoms with Crippen LogP contribution in [0.3, 0.4) is 0 Å². The number of aromatic nitrogens is 2. The molecular weight excluding hydrogens is 388 g/mol. The smallest absolute Gasteiger partial charge is 0.259 e. The van der Waals surface area contributed by atoms with E-state index in [9.17, 15) is 9.59 Å². The van der Waals surface area contributed by atoms with E-state index in [2.05, 4.69) is 5.32 Å². The minimum Gasteiger partial charge on any atom is -0.399 e. The van der Waals surface area contributed by atoms with Crippen LogP contribution in [-0.4, -0.2) is 20.9 Å². The number of carbonyl (C=O) groups is 2. The van der Waals surface area contributed by atoms with Gasteiger partial charge in [-0.25, -0.2) is 0 Å². The van der Waals surface area contributed by atoms with E-state index in [0.717, 1.165) is 21.8 Å². The molecule has 2 amide bonds. The summed E-state index contributed by atoms with van der Waals surface area (Å²) in [5.41, 5.74) is 10.5. The molecule has 4 aromatic rings. The number of fused-ring (bicyclic) bond motifs is 2. The molecule has 7 heteroatoms. The van der Waals surface area contributed by atoms with Crippen LogP contribution in [0.15, 0.2) is 48.8 Å². The van der Waals surface area contributed by atoms with Crippen molar-refractivity contribution in [2.45, 2.75) is 0 Å². The van der Waals surface area contributed by atoms with E-state index >= 15 is 0 Å². The van der Waals surface area contributed by atoms with Crippen molar-refractivity contribution in [3.63, 3.8) is 0 Å². The lowest BCUT2D eigenvalue weighted by Crippen LogP contribution is -2.22. The molecule has 29 heavy (non-hydrogen) atoms. The van der Waals surface area contributed by atoms with Crippen LogP contribution in [0.5, 0.6) is 0 Å². The number of rotatable bonds is 2. The van der Waals surface area contributed by atoms with E-state index in [1.165, 1.54) is 0 Å². The number of nitrogens with one attached hydrogen (secondary N) is 1. The van der Waals surface area contributed by atoms with Crippen molar-refractivity contribution in [2.24, 2.45) is 14.1 Å². The fourth-order valence-electron chi connectivity index (χ4n) is 4.13. The summed E-state index contributed by atoms with van der Waals surface area (Å²) >= 11 is 6.15. The van der Waals surface area contributed by atoms with Gasteiger partial charge in [0.05, 0.1) is 16.7 Å². The first-order chi connectivity index (χ1) is 13.8. The van der Waals surface area contributed by atoms with Crippen molar-refractivity contribution in [1.82, 2.24) is 14.5 Å². The van der Waals surface area contributed by atoms with Gasteiger partial charge in [0.2, 0.25) is 0 Å². The van der Waals surface area contributed by atoms with E-state index in [0.29, 0.717) is 33.0 Å². The lowest BCUT2D eigenvalue weighted by Gasteiger charge is -2.03. The molecule has 2 aromatic carbocycles. The molecule has 0 bridgehead atoms. The Balaban J connectivity index is 1.86. The van der Waals surface area contributed by atoms with Gasteiger partial charge in [-0.05, 0) is 24.3 Å². The Morgan fingerprint density at radius 3 is 1.93 bits per heavy atom. The molecule has 2 aromatic heterocycles. The van der Waals surface area contributed by atoms with Crippen LogP contribution in [0.2, 0.25) is 5.02 Å². The molecule has 0 saturated heterocycles. The number of nitrogen functional groups attached to an aromatic ring is 1. The lowest BCUT2D eigenvalue weighted by atomic mass is 9.95. The minimum atomic E-state index is -0.403. The second-order valence-electron chi connectivity index (χ2n) is 7.28. The molecule has 0 aliphatic carbocycles. The molecule has 1 aliphatic heterocycles. The molecule has 0 atom stereocenters. The van der Waals surface area contributed by atoms with Gasteiger partial charge >= 0.3 is 0 Å². The van der Waals surface area contributed by atoms with Gasteiger partial charge in [-0.15, -0.1) is 0 Å². The third-order valence-corrected chi connectivity index (χ3v) is 5.67. The molecule has 0 radical (unpaired) electrons. The number of anilines is 1. The van der Waals surface area contributed by atoms with Gasteiger partial charge in [-0.3, -0.25) is 14.9 Å². The summed E-state index contributed by atoms with van der Waals surface area (Å²) in [6.07, 6.45) is 3.72. The third kappa shape index (κ3) is 2.49. The highest BCUT2D eigenvalue weighted by Crippen LogP contribution is 2.39. The van der Waals surface area contributed by atoms with Crippen molar-refractivity contribution in [2.75, 3.05) is 5.73 Å². The largest absolute Gasteiger partial charge is 0.399 e. The molecule has 0 fully saturated rings. The van der Waals surface area contributed by atoms with Crippen LogP contribution in [0.1, 0.15) is 11.1 Å². The highest BCUT2D eigenvalue weighted by atomic mass is 35.5. The molecule has 0 spiro atoms. The Morgan fingerprint density at radius 1 is 0.828 bits per heavy atom. The fourth-order valence-corrected chi connectivity index (χ4v) is 4.29. The average molecular weight is 405 g/mol. The topological polar surface area (TPSA) is 82.0 Å². The Labute approximate surface area is 171 Å². The van der Waals surface area contributed by atoms with Crippen LogP contribution < -0.4 is 11.1 Å². The van der Waals surface area contributed by atoms with Crippen molar-refractivity contribution < 1.29 is 9.59 Å². The number of imide groups is 1. The first kappa shape index (κ1) is 17.6. The number of aryl methyl sites for hydroxylation is 2. The molecular formula is C22H17ClN4O2. The predicted octanol–water partition coefficient (Wildman–Crippen LogP) is 3.47. The van der Waals surface area contributed by atoms with Gasteiger partial charge in [-0.1, -0.05) is 23.7 Å². The molecule has 1 aliphatic rings. The molecule has 3 heterocycles. The van der Waals surface area contributed by atoms with E-state index in [4.69, 9.17) is 17.3 Å². The molecule has 5 rings (SSSR count). The highest BCUT2D eigenvalue weighted by Gasteiger charge is 2.35. The van der Waals surface area contributed by atoms with Gasteiger partial charge < -0.3 is 14.9 Å². The van der Waals surface area contributed by atoms with Gasteiger partial charge in [0.15, 0.2) is 0 Å². The predicted molar refractivity (Wildman–Crippen MR) is 115 cm³/mol. The van der Waals surface area contributed by atoms with E-state index < -0.39 is 11.8 Å². The first-order valence-electron chi connectivity index (χ1n) is 9.05. The number of carbonyl (C=O) groups excluding carboxylic acids is 2. The van der Waals surface area contributed by atoms with Gasteiger partial charge in [0.25, 0.3) is 11.8 Å². The molecule has 0 unspecified atom stereocenters. The van der Waals surface area contributed by atoms with Gasteiger partial charge in [0.1, 0.15) is 0 Å². The van der Waals surface area contributed by atoms with Gasteiger partial charge in [-0.2, -0.15) is 0 Å². The third-order valence-electron chi connectivity index (χ3n) is 5.44. The second-order valence-corrected chi connectivity index (χ2v) is 7.72. The Hall–Kier alpha value is -3.51. The number of benzene rings is 2. The summed E-state index contributed by atoms with van der Waals surface area (Å²) in [5.74, 6) is -0.805. The molecule has 0 saturated carbocycles. The standard InChI is InChI=1S/C22H17ClN4O2/c1-26-9-15(13-5-3-11(23)7-17(13)26)19-20(22(29)25-21(19)28)16-10-27(2)18-8-12(24)4-6-14(16)18/h3-10H,24H2,1-2H3,(H,25,28,29). The normalized spacial score (nSPS) is 14.4. The van der Waals surface area contributed by atoms with Crippen molar-refractivity contribution in [3.05, 3.63) is 64.9 Å². The maximum absolute atomic E-state index is 12.8. The Bertz CT molecular complexity index is 1300. The van der Waals surface area contributed by atoms with E-state index in [-0.39, 0.29) is 0 Å². The average Bonchev–Trinajstić information content (AvgIpc) is 3.26. The van der Waals surface area contributed by atoms with Crippen LogP contribution in [0, 0.1) is 0 Å². The number of nitrogens with two attached hydrogens (primary N) is 1. The fraction of sp³-hybridized carbons (Fsp3) is 0.0909. The monoisotopic (exact) mass is 404 g/mol. The number of hydrogen-bond donors (Lipinski definition) is 2. The summed E-state index contributed by atoms with van der Waals surface area (Å²) in [4.78, 5) is 25.7. The maximum Gasteiger partial charge on any atom is 0.259 e. The highest BCUT2D eigenvalue weighted by molar-refractivity contribution is 6.50. The van der Waals surface area contributed by atoms with Gasteiger partial charge in [0, 0.05) is 64.6 Å². The summed E-state index contributed by atoms with van der Waals surface area (Å²) in [6.45, 7) is 0. The summed E-state index contributed by atoms with van der Waals surface area (Å²) in [7, 11) is 3.78. The van der Waals surface area contributed by atoms with Crippen LogP contribution >= 0.6 is 11.6 Å². The summed E-state index contributed by atoms with van der Waals surface area (Å²) in [5, 5.41) is 4.80. The Morgan fingerprint density at radius 2 is 1.34 bits per heavy atom. The van der Waals surface area contributed by atoms with Crippen molar-refractivity contribution in [3.8, 4) is 0 Å². The first-order valence-corrected chi connectivity index (χ1v) is 9.43. The van der Waals surface area contributed by atoms with E-state index in [1.807, 2.05) is 59.9 Å². The second kappa shape index (κ2) is 5.99. The zero-order valence-corrected chi connectivity index (χ0v) is 16.5. The van der Waals surface area contributed by atoms with Crippen molar-refractivity contribution in [1.29, 1.82) is 0 Å². The van der Waals surface area contributed by atoms with Crippen LogP contribution in [0.4, 0.5) is 5.69 Å². The number of hydrogen-bond acceptors (Lipinski definition) is 3. The number of amides is 2. The number of halogens is 1. The number of nitrogens with zero attached hydrogens (tertiary/aromatic N) is 2. The molecule has 144 valence electrons. The summed E-state index contributed by atoms with van der Waals surface area (Å²) in [6, 6.07) is 11.0. The maximum atomic E-state index is 12.8. The zero-order chi connectivity index (χ0) is 20.4. The van der Waals surface area contributed by atoms with Crippen LogP contribution in [0.25, 0.3) is 33.0 Å². The minimum absolute atomic E-state index is 0.368. The molecule has 6 nitrogen and oxygen atoms in total. The Kier molecular flexibility index (Phi) is 3.63. The zero-order valence-electron chi connectivity index (χ0n) is 15.8.